The van der Waals surface area contributed by atoms with Gasteiger partial charge in [-0.1, -0.05) is 0 Å². The third-order valence-electron chi connectivity index (χ3n) is 3.69. The van der Waals surface area contributed by atoms with Gasteiger partial charge in [-0.25, -0.2) is 0 Å². The zero-order chi connectivity index (χ0) is 23.1. The Morgan fingerprint density at radius 3 is 1.84 bits per heavy atom. The van der Waals surface area contributed by atoms with Crippen LogP contribution in [0.3, 0.4) is 0 Å². The lowest BCUT2D eigenvalue weighted by atomic mass is 10.2. The average molecular weight is 446 g/mol. The van der Waals surface area contributed by atoms with Crippen molar-refractivity contribution in [2.24, 2.45) is 0 Å². The highest BCUT2D eigenvalue weighted by molar-refractivity contribution is 5.69. The Morgan fingerprint density at radius 2 is 1.32 bits per heavy atom. The van der Waals surface area contributed by atoms with Crippen LogP contribution in [0.1, 0.15) is 34.1 Å². The van der Waals surface area contributed by atoms with Crippen molar-refractivity contribution in [2.45, 2.75) is 39.7 Å². The van der Waals surface area contributed by atoms with Crippen LogP contribution in [-0.4, -0.2) is 77.6 Å². The van der Waals surface area contributed by atoms with Gasteiger partial charge in [0.2, 0.25) is 0 Å². The van der Waals surface area contributed by atoms with E-state index >= 15 is 0 Å². The van der Waals surface area contributed by atoms with Crippen molar-refractivity contribution in [1.29, 1.82) is 0 Å². The van der Waals surface area contributed by atoms with Crippen LogP contribution in [0, 0.1) is 0 Å². The number of hydrogen-bond acceptors (Lipinski definition) is 10. The molecule has 0 fully saturated rings. The highest BCUT2D eigenvalue weighted by Gasteiger charge is 2.21. The molecule has 178 valence electrons. The fourth-order valence-corrected chi connectivity index (χ4v) is 2.37. The van der Waals surface area contributed by atoms with Crippen molar-refractivity contribution in [2.75, 3.05) is 71.3 Å². The molecule has 1 aromatic rings. The van der Waals surface area contributed by atoms with Gasteiger partial charge in [0.05, 0.1) is 65.9 Å². The summed E-state index contributed by atoms with van der Waals surface area (Å²) < 4.78 is 31.7. The van der Waals surface area contributed by atoms with Crippen LogP contribution >= 0.6 is 0 Å². The number of anilines is 1. The first kappa shape index (κ1) is 27.0. The number of esters is 1. The van der Waals surface area contributed by atoms with Gasteiger partial charge in [0.25, 0.3) is 10.9 Å². The van der Waals surface area contributed by atoms with E-state index in [1.807, 2.05) is 20.8 Å². The zero-order valence-corrected chi connectivity index (χ0v) is 19.0. The van der Waals surface area contributed by atoms with Gasteiger partial charge in [-0.05, 0) is 27.7 Å². The molecule has 0 aliphatic rings. The molecule has 0 aliphatic carbocycles. The van der Waals surface area contributed by atoms with Crippen molar-refractivity contribution in [3.8, 4) is 5.75 Å². The maximum Gasteiger partial charge on any atom is 0.308 e. The number of hydrogen-bond donors (Lipinski definition) is 1. The fourth-order valence-electron chi connectivity index (χ4n) is 2.37. The summed E-state index contributed by atoms with van der Waals surface area (Å²) in [6.45, 7) is 11.1. The topological polar surface area (TPSA) is 119 Å². The SMILES string of the molecule is CCOc1c(NCCOCCOCCOCCOCCC(=O)OC(C)(C)C)c(=O)c1=O. The summed E-state index contributed by atoms with van der Waals surface area (Å²) in [5.74, 6) is -0.178. The Bertz CT molecular complexity index is 705. The molecule has 0 amide bonds. The number of ether oxygens (including phenoxy) is 6. The van der Waals surface area contributed by atoms with Gasteiger partial charge < -0.3 is 33.7 Å². The minimum absolute atomic E-state index is 0.101. The normalized spacial score (nSPS) is 11.6. The van der Waals surface area contributed by atoms with E-state index in [1.165, 1.54) is 0 Å². The molecule has 10 nitrogen and oxygen atoms in total. The fraction of sp³-hybridized carbons (Fsp3) is 0.762. The minimum atomic E-state index is -0.590. The van der Waals surface area contributed by atoms with Crippen molar-refractivity contribution >= 4 is 11.7 Å². The number of carbonyl (C=O) groups is 1. The molecule has 1 N–H and O–H groups in total. The minimum Gasteiger partial charge on any atom is -0.488 e. The Kier molecular flexibility index (Phi) is 13.0. The van der Waals surface area contributed by atoms with Crippen molar-refractivity contribution in [1.82, 2.24) is 0 Å². The number of nitrogens with one attached hydrogen (secondary N) is 1. The molecule has 0 heterocycles. The number of rotatable bonds is 18. The Labute approximate surface area is 182 Å². The van der Waals surface area contributed by atoms with Crippen LogP contribution in [0.2, 0.25) is 0 Å². The summed E-state index contributed by atoms with van der Waals surface area (Å²) in [5.41, 5.74) is -1.41. The van der Waals surface area contributed by atoms with Crippen molar-refractivity contribution in [3.05, 3.63) is 20.4 Å². The highest BCUT2D eigenvalue weighted by atomic mass is 16.6. The predicted molar refractivity (Wildman–Crippen MR) is 115 cm³/mol. The molecule has 0 unspecified atom stereocenters. The Morgan fingerprint density at radius 1 is 0.806 bits per heavy atom. The summed E-state index contributed by atoms with van der Waals surface area (Å²) in [4.78, 5) is 34.2. The van der Waals surface area contributed by atoms with Crippen molar-refractivity contribution in [3.63, 3.8) is 0 Å². The molecular weight excluding hydrogens is 410 g/mol. The van der Waals surface area contributed by atoms with Crippen LogP contribution in [-0.2, 0) is 28.5 Å². The van der Waals surface area contributed by atoms with Crippen LogP contribution in [0.15, 0.2) is 9.59 Å². The summed E-state index contributed by atoms with van der Waals surface area (Å²) in [6.07, 6.45) is 0.218. The molecular formula is C21H35NO9. The smallest absolute Gasteiger partial charge is 0.308 e. The molecule has 0 aromatic heterocycles. The first-order chi connectivity index (χ1) is 14.8. The molecule has 0 bridgehead atoms. The van der Waals surface area contributed by atoms with E-state index in [2.05, 4.69) is 5.32 Å². The maximum atomic E-state index is 11.5. The molecule has 0 saturated heterocycles. The number of carbonyl (C=O) groups excluding carboxylic acids is 1. The van der Waals surface area contributed by atoms with E-state index in [0.29, 0.717) is 66.0 Å². The summed E-state index contributed by atoms with van der Waals surface area (Å²) in [5, 5.41) is 2.85. The van der Waals surface area contributed by atoms with Crippen LogP contribution in [0.25, 0.3) is 0 Å². The maximum absolute atomic E-state index is 11.5. The molecule has 31 heavy (non-hydrogen) atoms. The van der Waals surface area contributed by atoms with E-state index in [0.717, 1.165) is 0 Å². The standard InChI is InChI=1S/C21H35NO9/c1-5-30-20-17(18(24)19(20)25)22-7-9-27-11-13-29-15-14-28-12-10-26-8-6-16(23)31-21(2,3)4/h22H,5-15H2,1-4H3. The molecule has 0 saturated carbocycles. The third-order valence-corrected chi connectivity index (χ3v) is 3.69. The molecule has 0 radical (unpaired) electrons. The highest BCUT2D eigenvalue weighted by Crippen LogP contribution is 2.16. The van der Waals surface area contributed by atoms with Crippen molar-refractivity contribution < 1.29 is 33.2 Å². The summed E-state index contributed by atoms with van der Waals surface area (Å²) >= 11 is 0. The Hall–Kier alpha value is -2.01. The van der Waals surface area contributed by atoms with E-state index in [1.54, 1.807) is 6.92 Å². The van der Waals surface area contributed by atoms with Gasteiger partial charge in [0.1, 0.15) is 11.3 Å². The molecule has 0 spiro atoms. The lowest BCUT2D eigenvalue weighted by molar-refractivity contribution is -0.156. The second-order valence-electron chi connectivity index (χ2n) is 7.51. The third kappa shape index (κ3) is 11.8. The van der Waals surface area contributed by atoms with Gasteiger partial charge in [-0.3, -0.25) is 14.4 Å². The van der Waals surface area contributed by atoms with Gasteiger partial charge in [0.15, 0.2) is 5.75 Å². The molecule has 0 aliphatic heterocycles. The average Bonchev–Trinajstić information content (AvgIpc) is 2.70. The molecule has 1 rings (SSSR count). The van der Waals surface area contributed by atoms with Gasteiger partial charge >= 0.3 is 5.97 Å². The monoisotopic (exact) mass is 445 g/mol. The van der Waals surface area contributed by atoms with Crippen LogP contribution < -0.4 is 20.9 Å². The van der Waals surface area contributed by atoms with E-state index < -0.39 is 16.5 Å². The Balaban J connectivity index is 1.85. The first-order valence-electron chi connectivity index (χ1n) is 10.5. The first-order valence-corrected chi connectivity index (χ1v) is 10.5. The van der Waals surface area contributed by atoms with Gasteiger partial charge in [0, 0.05) is 6.54 Å². The van der Waals surface area contributed by atoms with Crippen LogP contribution in [0.4, 0.5) is 5.69 Å². The lowest BCUT2D eigenvalue weighted by Crippen LogP contribution is -2.36. The quantitative estimate of drug-likeness (QED) is 0.198. The second kappa shape index (κ2) is 14.9. The predicted octanol–water partition coefficient (Wildman–Crippen LogP) is 0.891. The molecule has 1 aromatic carbocycles. The molecule has 10 heteroatoms. The van der Waals surface area contributed by atoms with E-state index in [-0.39, 0.29) is 23.8 Å². The second-order valence-corrected chi connectivity index (χ2v) is 7.51. The van der Waals surface area contributed by atoms with E-state index in [9.17, 15) is 14.4 Å². The molecule has 0 atom stereocenters. The van der Waals surface area contributed by atoms with E-state index in [4.69, 9.17) is 28.4 Å². The largest absolute Gasteiger partial charge is 0.488 e. The van der Waals surface area contributed by atoms with Gasteiger partial charge in [-0.15, -0.1) is 0 Å². The zero-order valence-electron chi connectivity index (χ0n) is 19.0. The summed E-state index contributed by atoms with van der Waals surface area (Å²) in [6, 6.07) is 0. The van der Waals surface area contributed by atoms with Gasteiger partial charge in [-0.2, -0.15) is 0 Å². The van der Waals surface area contributed by atoms with Crippen LogP contribution in [0.5, 0.6) is 5.75 Å². The lowest BCUT2D eigenvalue weighted by Gasteiger charge is -2.19. The summed E-state index contributed by atoms with van der Waals surface area (Å²) in [7, 11) is 0.